The van der Waals surface area contributed by atoms with Crippen LogP contribution >= 0.6 is 0 Å². The Bertz CT molecular complexity index is 2940. The number of alkyl halides is 3. The van der Waals surface area contributed by atoms with Crippen molar-refractivity contribution in [1.82, 2.24) is 0 Å². The summed E-state index contributed by atoms with van der Waals surface area (Å²) in [7, 11) is 0. The molecule has 6 fully saturated rings. The number of carboxylic acid groups (broad SMARTS) is 1. The summed E-state index contributed by atoms with van der Waals surface area (Å²) >= 11 is 0. The highest BCUT2D eigenvalue weighted by Gasteiger charge is 2.49. The molecule has 6 saturated heterocycles. The molecule has 4 bridgehead atoms. The number of halogens is 12. The maximum Gasteiger partial charge on any atom is 0.430 e. The average Bonchev–Trinajstić information content (AvgIpc) is 3.61. The summed E-state index contributed by atoms with van der Waals surface area (Å²) in [6.07, 6.45) is 0.631. The number of hydrogen-bond donors (Lipinski definition) is 0. The Morgan fingerprint density at radius 3 is 1.13 bits per heavy atom. The average molecular weight is 1250 g/mol. The molecule has 84 heavy (non-hydrogen) atoms. The number of quaternary nitrogens is 2. The zero-order chi connectivity index (χ0) is 59.5. The fourth-order valence-corrected chi connectivity index (χ4v) is 11.8. The molecule has 2 amide bonds. The highest BCUT2D eigenvalue weighted by molar-refractivity contribution is 5.88. The summed E-state index contributed by atoms with van der Waals surface area (Å²) < 4.78 is 156. The Hall–Kier alpha value is -7.04. The summed E-state index contributed by atoms with van der Waals surface area (Å²) in [4.78, 5) is 38.0. The minimum absolute atomic E-state index is 0. The van der Waals surface area contributed by atoms with E-state index in [9.17, 15) is 57.9 Å². The first-order valence-corrected chi connectivity index (χ1v) is 27.4. The molecule has 0 aromatic heterocycles. The van der Waals surface area contributed by atoms with Gasteiger partial charge in [-0.2, -0.15) is 13.2 Å². The molecule has 12 rings (SSSR count). The van der Waals surface area contributed by atoms with E-state index in [2.05, 4.69) is 24.3 Å². The molecule has 0 unspecified atom stereocenters. The van der Waals surface area contributed by atoms with E-state index in [4.69, 9.17) is 19.4 Å². The molecule has 6 aliphatic rings. The molecule has 6 aliphatic heterocycles. The van der Waals surface area contributed by atoms with Gasteiger partial charge in [0.15, 0.2) is 47.1 Å². The van der Waals surface area contributed by atoms with Gasteiger partial charge in [-0.05, 0) is 95.8 Å². The van der Waals surface area contributed by atoms with Crippen LogP contribution in [0.15, 0.2) is 133 Å². The van der Waals surface area contributed by atoms with E-state index in [1.165, 1.54) is 47.5 Å². The van der Waals surface area contributed by atoms with Gasteiger partial charge < -0.3 is 45.3 Å². The maximum absolute atomic E-state index is 14.0. The molecule has 0 aliphatic carbocycles. The van der Waals surface area contributed by atoms with Gasteiger partial charge in [-0.25, -0.2) is 44.7 Å². The molecular formula is C62H62BrF11N4O6. The van der Waals surface area contributed by atoms with Crippen molar-refractivity contribution in [2.24, 2.45) is 11.8 Å². The molecule has 0 radical (unpaired) electrons. The van der Waals surface area contributed by atoms with Gasteiger partial charge >= 0.3 is 18.4 Å². The highest BCUT2D eigenvalue weighted by atomic mass is 79.9. The van der Waals surface area contributed by atoms with E-state index in [0.717, 1.165) is 146 Å². The Balaban J connectivity index is 0.000000214. The third kappa shape index (κ3) is 17.1. The second kappa shape index (κ2) is 28.7. The van der Waals surface area contributed by atoms with E-state index in [1.54, 1.807) is 0 Å². The van der Waals surface area contributed by atoms with Gasteiger partial charge in [0.05, 0.1) is 63.7 Å². The van der Waals surface area contributed by atoms with E-state index in [-0.39, 0.29) is 76.6 Å². The molecule has 6 heterocycles. The second-order valence-corrected chi connectivity index (χ2v) is 21.8. The van der Waals surface area contributed by atoms with Crippen LogP contribution in [0.1, 0.15) is 60.8 Å². The first kappa shape index (κ1) is 64.5. The third-order valence-electron chi connectivity index (χ3n) is 16.1. The SMILES string of the molecule is O=C(O[C@H]1C[N+]2(CCCc3ccccc3)CCC1CC2)N(Cc1cc(F)c(F)c(F)c1)c1cccc(F)c1.O=C(O[C@H]1C[N+]2(CCCc3ccccc3)CCC1CC2)N(Cc1cc(F)c(F)c(F)c1)c1cccc(F)c1.O=C([O-])C(F)(F)F.[Br-]. The van der Waals surface area contributed by atoms with Crippen LogP contribution in [-0.2, 0) is 40.2 Å². The monoisotopic (exact) mass is 1250 g/mol. The summed E-state index contributed by atoms with van der Waals surface area (Å²) in [5.74, 6) is -12.2. The van der Waals surface area contributed by atoms with Crippen molar-refractivity contribution < 1.29 is 103 Å². The number of carboxylic acids is 1. The lowest BCUT2D eigenvalue weighted by molar-refractivity contribution is -0.946. The number of carbonyl (C=O) groups excluding carboxylic acids is 3. The number of amides is 2. The number of ether oxygens (including phenoxy) is 2. The lowest BCUT2D eigenvalue weighted by Gasteiger charge is -2.52. The highest BCUT2D eigenvalue weighted by Crippen LogP contribution is 2.39. The van der Waals surface area contributed by atoms with Crippen LogP contribution in [0.3, 0.4) is 0 Å². The Morgan fingerprint density at radius 2 is 0.821 bits per heavy atom. The number of nitrogens with zero attached hydrogens (tertiary/aromatic N) is 4. The normalized spacial score (nSPS) is 21.1. The minimum Gasteiger partial charge on any atom is -1.00 e. The van der Waals surface area contributed by atoms with Gasteiger partial charge in [0.1, 0.15) is 30.7 Å². The number of benzene rings is 6. The van der Waals surface area contributed by atoms with Gasteiger partial charge in [0, 0.05) is 50.4 Å². The van der Waals surface area contributed by atoms with Gasteiger partial charge in [-0.1, -0.05) is 72.8 Å². The number of fused-ring (bicyclic) bond motifs is 6. The first-order valence-electron chi connectivity index (χ1n) is 27.4. The number of rotatable bonds is 16. The van der Waals surface area contributed by atoms with Crippen LogP contribution < -0.4 is 31.9 Å². The number of hydrogen-bond acceptors (Lipinski definition) is 6. The molecule has 0 spiro atoms. The number of aryl methyl sites for hydroxylation is 2. The second-order valence-electron chi connectivity index (χ2n) is 21.8. The van der Waals surface area contributed by atoms with Gasteiger partial charge in [0.2, 0.25) is 0 Å². The van der Waals surface area contributed by atoms with Crippen LogP contribution in [0.5, 0.6) is 0 Å². The topological polar surface area (TPSA) is 99.2 Å². The molecule has 2 atom stereocenters. The predicted octanol–water partition coefficient (Wildman–Crippen LogP) is 9.56. The van der Waals surface area contributed by atoms with Crippen molar-refractivity contribution in [1.29, 1.82) is 0 Å². The van der Waals surface area contributed by atoms with Crippen molar-refractivity contribution in [3.05, 3.63) is 202 Å². The maximum atomic E-state index is 14.0. The Morgan fingerprint density at radius 1 is 0.488 bits per heavy atom. The van der Waals surface area contributed by atoms with Crippen molar-refractivity contribution in [2.75, 3.05) is 62.2 Å². The van der Waals surface area contributed by atoms with Crippen molar-refractivity contribution >= 4 is 29.5 Å². The lowest BCUT2D eigenvalue weighted by Crippen LogP contribution is -3.00. The minimum atomic E-state index is -5.19. The number of carbonyl (C=O) groups is 3. The standard InChI is InChI=1S/2C30H31F4N2O2.C2HF3O2.BrH/c2*31-24-9-4-10-25(18-24)35(19-22-16-26(32)29(34)27(33)17-22)30(37)38-28-20-36(14-11-23(28)12-15-36)13-5-8-21-6-2-1-3-7-21;3-2(4,5)1(6)7;/h2*1-4,6-7,9-10,16-18,23,28H,5,8,11-15,19-20H2;(H,6,7);1H/q2*+1;;/p-2/t2*23?,28-,36?;;/m00../s1. The zero-order valence-electron chi connectivity index (χ0n) is 45.5. The Kier molecular flexibility index (Phi) is 22.0. The number of piperidine rings is 6. The lowest BCUT2D eigenvalue weighted by atomic mass is 9.83. The quantitative estimate of drug-likeness (QED) is 0.0545. The van der Waals surface area contributed by atoms with Crippen LogP contribution in [0.4, 0.5) is 69.3 Å². The molecule has 6 aromatic rings. The van der Waals surface area contributed by atoms with Crippen LogP contribution in [0.2, 0.25) is 0 Å². The fraction of sp³-hybridized carbons (Fsp3) is 0.371. The number of aliphatic carboxylic acids is 1. The largest absolute Gasteiger partial charge is 1.00 e. The third-order valence-corrected chi connectivity index (χ3v) is 16.1. The predicted molar refractivity (Wildman–Crippen MR) is 284 cm³/mol. The van der Waals surface area contributed by atoms with Crippen molar-refractivity contribution in [2.45, 2.75) is 82.8 Å². The van der Waals surface area contributed by atoms with Crippen LogP contribution in [0.25, 0.3) is 0 Å². The summed E-state index contributed by atoms with van der Waals surface area (Å²) in [6, 6.07) is 34.8. The van der Waals surface area contributed by atoms with Gasteiger partial charge in [-0.3, -0.25) is 9.80 Å². The van der Waals surface area contributed by atoms with Gasteiger partial charge in [0.25, 0.3) is 0 Å². The van der Waals surface area contributed by atoms with E-state index < -0.39 is 70.9 Å². The van der Waals surface area contributed by atoms with Crippen molar-refractivity contribution in [3.63, 3.8) is 0 Å². The first-order chi connectivity index (χ1) is 39.6. The molecule has 6 aromatic carbocycles. The van der Waals surface area contributed by atoms with E-state index in [1.807, 2.05) is 36.4 Å². The molecular weight excluding hydrogens is 1190 g/mol. The molecule has 10 nitrogen and oxygen atoms in total. The van der Waals surface area contributed by atoms with Gasteiger partial charge in [-0.15, -0.1) is 0 Å². The Labute approximate surface area is 489 Å². The van der Waals surface area contributed by atoms with Crippen LogP contribution in [0, 0.1) is 58.4 Å². The molecule has 0 saturated carbocycles. The van der Waals surface area contributed by atoms with Crippen LogP contribution in [-0.4, -0.2) is 97.9 Å². The summed E-state index contributed by atoms with van der Waals surface area (Å²) in [5, 5.41) is 8.78. The fourth-order valence-electron chi connectivity index (χ4n) is 11.8. The van der Waals surface area contributed by atoms with E-state index >= 15 is 0 Å². The number of anilines is 2. The molecule has 450 valence electrons. The summed E-state index contributed by atoms with van der Waals surface area (Å²) in [5.41, 5.74) is 3.04. The smallest absolute Gasteiger partial charge is 0.430 e. The van der Waals surface area contributed by atoms with E-state index in [0.29, 0.717) is 13.1 Å². The van der Waals surface area contributed by atoms with Crippen molar-refractivity contribution in [3.8, 4) is 0 Å². The molecule has 0 N–H and O–H groups in total. The molecule has 22 heteroatoms. The zero-order valence-corrected chi connectivity index (χ0v) is 47.1. The summed E-state index contributed by atoms with van der Waals surface area (Å²) in [6.45, 7) is 7.02.